The van der Waals surface area contributed by atoms with E-state index in [2.05, 4.69) is 15.6 Å². The Balaban J connectivity index is 1.69. The first-order chi connectivity index (χ1) is 10.7. The molecule has 0 aliphatic carbocycles. The Hall–Kier alpha value is -2.76. The second-order valence-electron chi connectivity index (χ2n) is 4.82. The molecule has 1 aliphatic heterocycles. The van der Waals surface area contributed by atoms with E-state index in [1.807, 2.05) is 24.3 Å². The maximum atomic E-state index is 11.3. The van der Waals surface area contributed by atoms with Gasteiger partial charge in [0.2, 0.25) is 5.91 Å². The van der Waals surface area contributed by atoms with E-state index in [-0.39, 0.29) is 5.91 Å². The summed E-state index contributed by atoms with van der Waals surface area (Å²) in [5.41, 5.74) is 1.71. The minimum absolute atomic E-state index is 0.0555. The van der Waals surface area contributed by atoms with Gasteiger partial charge in [-0.1, -0.05) is 6.92 Å². The van der Waals surface area contributed by atoms with E-state index in [1.54, 1.807) is 19.2 Å². The fraction of sp³-hybridized carbons (Fsp3) is 0.250. The number of hydrogen-bond acceptors (Lipinski definition) is 5. The Morgan fingerprint density at radius 2 is 1.91 bits per heavy atom. The van der Waals surface area contributed by atoms with Crippen molar-refractivity contribution in [3.63, 3.8) is 0 Å². The van der Waals surface area contributed by atoms with Crippen LogP contribution < -0.4 is 20.1 Å². The molecule has 2 heterocycles. The largest absolute Gasteiger partial charge is 0.486 e. The van der Waals surface area contributed by atoms with E-state index in [4.69, 9.17) is 9.47 Å². The van der Waals surface area contributed by atoms with Gasteiger partial charge < -0.3 is 20.1 Å². The fourth-order valence-electron chi connectivity index (χ4n) is 2.06. The third-order valence-electron chi connectivity index (χ3n) is 3.18. The summed E-state index contributed by atoms with van der Waals surface area (Å²) in [6.07, 6.45) is 2.10. The smallest absolute Gasteiger partial charge is 0.225 e. The van der Waals surface area contributed by atoms with Crippen molar-refractivity contribution in [2.45, 2.75) is 13.3 Å². The maximum Gasteiger partial charge on any atom is 0.225 e. The summed E-state index contributed by atoms with van der Waals surface area (Å²) >= 11 is 0. The number of nitrogens with one attached hydrogen (secondary N) is 2. The summed E-state index contributed by atoms with van der Waals surface area (Å²) in [7, 11) is 0. The number of amides is 1. The first-order valence-electron chi connectivity index (χ1n) is 7.17. The molecule has 0 fully saturated rings. The summed E-state index contributed by atoms with van der Waals surface area (Å²) < 4.78 is 11.0. The number of carbonyl (C=O) groups excluding carboxylic acids is 1. The van der Waals surface area contributed by atoms with Crippen LogP contribution in [-0.2, 0) is 4.79 Å². The van der Waals surface area contributed by atoms with Crippen LogP contribution in [0.5, 0.6) is 11.5 Å². The normalized spacial score (nSPS) is 12.6. The van der Waals surface area contributed by atoms with E-state index in [1.165, 1.54) is 0 Å². The molecule has 22 heavy (non-hydrogen) atoms. The van der Waals surface area contributed by atoms with Gasteiger partial charge in [0.15, 0.2) is 11.5 Å². The second-order valence-corrected chi connectivity index (χ2v) is 4.82. The van der Waals surface area contributed by atoms with Crippen LogP contribution in [0, 0.1) is 0 Å². The van der Waals surface area contributed by atoms with Crippen LogP contribution in [0.3, 0.4) is 0 Å². The first-order valence-corrected chi connectivity index (χ1v) is 7.17. The molecule has 3 rings (SSSR count). The van der Waals surface area contributed by atoms with Gasteiger partial charge in [-0.3, -0.25) is 4.79 Å². The highest BCUT2D eigenvalue weighted by Crippen LogP contribution is 2.33. The molecule has 0 unspecified atom stereocenters. The highest BCUT2D eigenvalue weighted by Gasteiger charge is 2.11. The van der Waals surface area contributed by atoms with Crippen molar-refractivity contribution < 1.29 is 14.3 Å². The SMILES string of the molecule is CCC(=O)Nc1ccc(Nc2ccc3c(c2)OCCO3)cn1. The monoisotopic (exact) mass is 299 g/mol. The molecule has 1 aromatic heterocycles. The number of fused-ring (bicyclic) bond motifs is 1. The molecule has 2 aromatic rings. The number of carbonyl (C=O) groups is 1. The predicted octanol–water partition coefficient (Wildman–Crippen LogP) is 2.94. The standard InChI is InChI=1S/C16H17N3O3/c1-2-16(20)19-15-6-4-12(10-17-15)18-11-3-5-13-14(9-11)22-8-7-21-13/h3-6,9-10,18H,2,7-8H2,1H3,(H,17,19,20). The molecule has 0 radical (unpaired) electrons. The van der Waals surface area contributed by atoms with Gasteiger partial charge in [-0.15, -0.1) is 0 Å². The average molecular weight is 299 g/mol. The highest BCUT2D eigenvalue weighted by atomic mass is 16.6. The molecular formula is C16H17N3O3. The Kier molecular flexibility index (Phi) is 4.09. The number of ether oxygens (including phenoxy) is 2. The minimum Gasteiger partial charge on any atom is -0.486 e. The van der Waals surface area contributed by atoms with Crippen molar-refractivity contribution in [1.82, 2.24) is 4.98 Å². The van der Waals surface area contributed by atoms with Crippen molar-refractivity contribution >= 4 is 23.1 Å². The summed E-state index contributed by atoms with van der Waals surface area (Å²) in [5, 5.41) is 5.95. The molecule has 2 N–H and O–H groups in total. The van der Waals surface area contributed by atoms with Crippen LogP contribution in [0.25, 0.3) is 0 Å². The average Bonchev–Trinajstić information content (AvgIpc) is 2.56. The second kappa shape index (κ2) is 6.34. The van der Waals surface area contributed by atoms with Gasteiger partial charge >= 0.3 is 0 Å². The van der Waals surface area contributed by atoms with Gasteiger partial charge in [0.1, 0.15) is 19.0 Å². The molecule has 6 nitrogen and oxygen atoms in total. The number of pyridine rings is 1. The lowest BCUT2D eigenvalue weighted by atomic mass is 10.2. The molecule has 0 saturated carbocycles. The van der Waals surface area contributed by atoms with Gasteiger partial charge in [0, 0.05) is 18.2 Å². The zero-order valence-corrected chi connectivity index (χ0v) is 12.3. The molecule has 0 bridgehead atoms. The molecule has 6 heteroatoms. The molecular weight excluding hydrogens is 282 g/mol. The summed E-state index contributed by atoms with van der Waals surface area (Å²) in [6.45, 7) is 2.94. The number of nitrogens with zero attached hydrogens (tertiary/aromatic N) is 1. The lowest BCUT2D eigenvalue weighted by molar-refractivity contribution is -0.115. The number of anilines is 3. The Bertz CT molecular complexity index is 671. The van der Waals surface area contributed by atoms with Crippen molar-refractivity contribution in [1.29, 1.82) is 0 Å². The third kappa shape index (κ3) is 3.28. The van der Waals surface area contributed by atoms with Crippen LogP contribution in [0.1, 0.15) is 13.3 Å². The highest BCUT2D eigenvalue weighted by molar-refractivity contribution is 5.89. The third-order valence-corrected chi connectivity index (χ3v) is 3.18. The zero-order valence-electron chi connectivity index (χ0n) is 12.3. The Labute approximate surface area is 128 Å². The van der Waals surface area contributed by atoms with Crippen LogP contribution in [0.2, 0.25) is 0 Å². The lowest BCUT2D eigenvalue weighted by Crippen LogP contribution is -2.15. The van der Waals surface area contributed by atoms with Crippen molar-refractivity contribution in [3.8, 4) is 11.5 Å². The van der Waals surface area contributed by atoms with Gasteiger partial charge in [0.05, 0.1) is 11.9 Å². The maximum absolute atomic E-state index is 11.3. The van der Waals surface area contributed by atoms with Gasteiger partial charge in [0.25, 0.3) is 0 Å². The quantitative estimate of drug-likeness (QED) is 0.908. The zero-order chi connectivity index (χ0) is 15.4. The van der Waals surface area contributed by atoms with E-state index in [0.29, 0.717) is 25.5 Å². The molecule has 1 amide bonds. The molecule has 0 spiro atoms. The molecule has 0 saturated heterocycles. The van der Waals surface area contributed by atoms with Crippen molar-refractivity contribution in [2.75, 3.05) is 23.8 Å². The lowest BCUT2D eigenvalue weighted by Gasteiger charge is -2.19. The van der Waals surface area contributed by atoms with Crippen LogP contribution in [-0.4, -0.2) is 24.1 Å². The molecule has 0 atom stereocenters. The van der Waals surface area contributed by atoms with Gasteiger partial charge in [-0.05, 0) is 24.3 Å². The van der Waals surface area contributed by atoms with Crippen LogP contribution in [0.15, 0.2) is 36.5 Å². The Morgan fingerprint density at radius 1 is 1.14 bits per heavy atom. The summed E-state index contributed by atoms with van der Waals surface area (Å²) in [4.78, 5) is 15.5. The predicted molar refractivity (Wildman–Crippen MR) is 83.9 cm³/mol. The fourth-order valence-corrected chi connectivity index (χ4v) is 2.06. The van der Waals surface area contributed by atoms with E-state index < -0.39 is 0 Å². The van der Waals surface area contributed by atoms with Gasteiger partial charge in [-0.25, -0.2) is 4.98 Å². The first kappa shape index (κ1) is 14.2. The minimum atomic E-state index is -0.0555. The summed E-state index contributed by atoms with van der Waals surface area (Å²) in [5.74, 6) is 1.98. The number of hydrogen-bond donors (Lipinski definition) is 2. The number of rotatable bonds is 4. The molecule has 1 aliphatic rings. The van der Waals surface area contributed by atoms with E-state index >= 15 is 0 Å². The van der Waals surface area contributed by atoms with Gasteiger partial charge in [-0.2, -0.15) is 0 Å². The summed E-state index contributed by atoms with van der Waals surface area (Å²) in [6, 6.07) is 9.30. The Morgan fingerprint density at radius 3 is 2.64 bits per heavy atom. The van der Waals surface area contributed by atoms with Crippen LogP contribution in [0.4, 0.5) is 17.2 Å². The molecule has 1 aromatic carbocycles. The van der Waals surface area contributed by atoms with E-state index in [9.17, 15) is 4.79 Å². The van der Waals surface area contributed by atoms with Crippen LogP contribution >= 0.6 is 0 Å². The number of benzene rings is 1. The molecule has 114 valence electrons. The van der Waals surface area contributed by atoms with E-state index in [0.717, 1.165) is 22.9 Å². The van der Waals surface area contributed by atoms with Crippen molar-refractivity contribution in [2.24, 2.45) is 0 Å². The van der Waals surface area contributed by atoms with Crippen molar-refractivity contribution in [3.05, 3.63) is 36.5 Å². The topological polar surface area (TPSA) is 72.5 Å². The number of aromatic nitrogens is 1.